The normalized spacial score (nSPS) is 17.8. The number of carbonyl (C=O) groups excluding carboxylic acids is 1. The number of carbonyl (C=O) groups is 1. The molecule has 0 saturated heterocycles. The molecule has 0 aliphatic heterocycles. The van der Waals surface area contributed by atoms with E-state index in [1.165, 1.54) is 0 Å². The van der Waals surface area contributed by atoms with Gasteiger partial charge in [0.2, 0.25) is 5.95 Å². The summed E-state index contributed by atoms with van der Waals surface area (Å²) in [6.45, 7) is 0.651. The second-order valence-electron chi connectivity index (χ2n) is 8.92. The van der Waals surface area contributed by atoms with E-state index < -0.39 is 0 Å². The second-order valence-corrected chi connectivity index (χ2v) is 8.92. The van der Waals surface area contributed by atoms with Gasteiger partial charge in [0.25, 0.3) is 5.91 Å². The van der Waals surface area contributed by atoms with Crippen LogP contribution in [-0.2, 0) is 0 Å². The topological polar surface area (TPSA) is 88.6 Å². The quantitative estimate of drug-likeness (QED) is 0.520. The molecule has 8 nitrogen and oxygen atoms in total. The number of methoxy groups -OCH3 is 2. The fourth-order valence-corrected chi connectivity index (χ4v) is 4.48. The van der Waals surface area contributed by atoms with Gasteiger partial charge < -0.3 is 25.0 Å². The molecule has 1 aromatic heterocycles. The number of nitrogens with one attached hydrogen (secondary N) is 2. The summed E-state index contributed by atoms with van der Waals surface area (Å²) in [6.07, 6.45) is 4.09. The number of amides is 1. The molecule has 2 N–H and O–H groups in total. The highest BCUT2D eigenvalue weighted by Crippen LogP contribution is 2.29. The summed E-state index contributed by atoms with van der Waals surface area (Å²) >= 11 is 0. The maximum Gasteiger partial charge on any atom is 0.255 e. The molecule has 0 bridgehead atoms. The summed E-state index contributed by atoms with van der Waals surface area (Å²) in [5.74, 6) is 3.08. The van der Waals surface area contributed by atoms with E-state index in [4.69, 9.17) is 19.4 Å². The first-order valence-corrected chi connectivity index (χ1v) is 11.7. The summed E-state index contributed by atoms with van der Waals surface area (Å²) in [5.41, 5.74) is 1.46. The molecule has 8 heteroatoms. The Labute approximate surface area is 200 Å². The van der Waals surface area contributed by atoms with Crippen LogP contribution in [0.2, 0.25) is 0 Å². The predicted octanol–water partition coefficient (Wildman–Crippen LogP) is 4.11. The van der Waals surface area contributed by atoms with E-state index in [0.717, 1.165) is 42.4 Å². The maximum absolute atomic E-state index is 12.7. The van der Waals surface area contributed by atoms with Gasteiger partial charge >= 0.3 is 0 Å². The van der Waals surface area contributed by atoms with E-state index >= 15 is 0 Å². The number of benzene rings is 2. The Morgan fingerprint density at radius 1 is 1.03 bits per heavy atom. The minimum Gasteiger partial charge on any atom is -0.497 e. The van der Waals surface area contributed by atoms with Gasteiger partial charge in [0.05, 0.1) is 25.3 Å². The van der Waals surface area contributed by atoms with Crippen LogP contribution in [-0.4, -0.2) is 56.8 Å². The van der Waals surface area contributed by atoms with E-state index in [0.29, 0.717) is 41.5 Å². The fraction of sp³-hybridized carbons (Fsp3) is 0.423. The molecule has 0 unspecified atom stereocenters. The number of ether oxygens (including phenoxy) is 2. The summed E-state index contributed by atoms with van der Waals surface area (Å²) in [4.78, 5) is 24.2. The minimum absolute atomic E-state index is 0.125. The van der Waals surface area contributed by atoms with Crippen molar-refractivity contribution in [1.29, 1.82) is 0 Å². The van der Waals surface area contributed by atoms with Crippen LogP contribution in [0.1, 0.15) is 36.0 Å². The van der Waals surface area contributed by atoms with E-state index in [9.17, 15) is 4.79 Å². The van der Waals surface area contributed by atoms with E-state index in [1.54, 1.807) is 32.4 Å². The third kappa shape index (κ3) is 5.32. The van der Waals surface area contributed by atoms with Gasteiger partial charge in [-0.05, 0) is 55.9 Å². The lowest BCUT2D eigenvalue weighted by Crippen LogP contribution is -2.34. The van der Waals surface area contributed by atoms with Gasteiger partial charge in [-0.1, -0.05) is 12.1 Å². The van der Waals surface area contributed by atoms with Crippen molar-refractivity contribution < 1.29 is 14.3 Å². The van der Waals surface area contributed by atoms with Crippen molar-refractivity contribution in [3.63, 3.8) is 0 Å². The highest BCUT2D eigenvalue weighted by molar-refractivity contribution is 5.97. The van der Waals surface area contributed by atoms with Gasteiger partial charge in [-0.15, -0.1) is 0 Å². The van der Waals surface area contributed by atoms with Gasteiger partial charge in [0, 0.05) is 38.1 Å². The minimum atomic E-state index is -0.125. The average molecular weight is 464 g/mol. The summed E-state index contributed by atoms with van der Waals surface area (Å²) < 4.78 is 10.6. The van der Waals surface area contributed by atoms with E-state index in [2.05, 4.69) is 16.7 Å². The lowest BCUT2D eigenvalue weighted by molar-refractivity contribution is 0.0940. The summed E-state index contributed by atoms with van der Waals surface area (Å²) in [6, 6.07) is 13.6. The Morgan fingerprint density at radius 2 is 1.79 bits per heavy atom. The average Bonchev–Trinajstić information content (AvgIpc) is 2.87. The number of hydrogen-bond acceptors (Lipinski definition) is 7. The molecule has 1 amide bonds. The van der Waals surface area contributed by atoms with Crippen molar-refractivity contribution in [3.8, 4) is 11.5 Å². The molecular formula is C26H33N5O3. The highest BCUT2D eigenvalue weighted by atomic mass is 16.5. The fourth-order valence-electron chi connectivity index (χ4n) is 4.48. The monoisotopic (exact) mass is 463 g/mol. The molecule has 1 saturated carbocycles. The van der Waals surface area contributed by atoms with Gasteiger partial charge in [0.15, 0.2) is 0 Å². The summed E-state index contributed by atoms with van der Waals surface area (Å²) in [7, 11) is 7.15. The van der Waals surface area contributed by atoms with Crippen molar-refractivity contribution >= 4 is 28.6 Å². The number of para-hydroxylation sites is 1. The van der Waals surface area contributed by atoms with Gasteiger partial charge in [-0.3, -0.25) is 4.79 Å². The Kier molecular flexibility index (Phi) is 7.35. The number of fused-ring (bicyclic) bond motifs is 1. The SMILES string of the molecule is COc1ccc(C(=O)NCC2CCC(Nc3nc(N(C)C)c4ccccc4n3)CC2)c(OC)c1. The van der Waals surface area contributed by atoms with Crippen LogP contribution in [0, 0.1) is 5.92 Å². The molecule has 1 aliphatic rings. The van der Waals surface area contributed by atoms with Crippen LogP contribution < -0.4 is 25.0 Å². The zero-order valence-corrected chi connectivity index (χ0v) is 20.3. The van der Waals surface area contributed by atoms with E-state index in [1.807, 2.05) is 37.2 Å². The van der Waals surface area contributed by atoms with Crippen molar-refractivity contribution in [1.82, 2.24) is 15.3 Å². The molecule has 180 valence electrons. The first-order valence-electron chi connectivity index (χ1n) is 11.7. The molecule has 1 heterocycles. The van der Waals surface area contributed by atoms with Gasteiger partial charge in [-0.25, -0.2) is 4.98 Å². The third-order valence-electron chi connectivity index (χ3n) is 6.39. The van der Waals surface area contributed by atoms with Crippen molar-refractivity contribution in [2.75, 3.05) is 45.1 Å². The third-order valence-corrected chi connectivity index (χ3v) is 6.39. The molecule has 34 heavy (non-hydrogen) atoms. The number of anilines is 2. The molecule has 4 rings (SSSR count). The van der Waals surface area contributed by atoms with Crippen molar-refractivity contribution in [2.24, 2.45) is 5.92 Å². The van der Waals surface area contributed by atoms with Gasteiger partial charge in [-0.2, -0.15) is 4.98 Å². The molecule has 2 aromatic carbocycles. The zero-order chi connectivity index (χ0) is 24.1. The Bertz CT molecular complexity index is 1140. The lowest BCUT2D eigenvalue weighted by Gasteiger charge is -2.29. The first-order chi connectivity index (χ1) is 16.5. The number of nitrogens with zero attached hydrogens (tertiary/aromatic N) is 3. The first kappa shape index (κ1) is 23.6. The number of aromatic nitrogens is 2. The Hall–Kier alpha value is -3.55. The largest absolute Gasteiger partial charge is 0.497 e. The van der Waals surface area contributed by atoms with Crippen molar-refractivity contribution in [3.05, 3.63) is 48.0 Å². The van der Waals surface area contributed by atoms with Crippen LogP contribution in [0.3, 0.4) is 0 Å². The highest BCUT2D eigenvalue weighted by Gasteiger charge is 2.23. The molecule has 0 radical (unpaired) electrons. The maximum atomic E-state index is 12.7. The number of rotatable bonds is 8. The van der Waals surface area contributed by atoms with E-state index in [-0.39, 0.29) is 5.91 Å². The molecular weight excluding hydrogens is 430 g/mol. The molecule has 1 fully saturated rings. The van der Waals surface area contributed by atoms with Crippen LogP contribution >= 0.6 is 0 Å². The molecule has 0 spiro atoms. The second kappa shape index (κ2) is 10.6. The predicted molar refractivity (Wildman–Crippen MR) is 135 cm³/mol. The van der Waals surface area contributed by atoms with Crippen LogP contribution in [0.4, 0.5) is 11.8 Å². The summed E-state index contributed by atoms with van der Waals surface area (Å²) in [5, 5.41) is 7.66. The number of hydrogen-bond donors (Lipinski definition) is 2. The lowest BCUT2D eigenvalue weighted by atomic mass is 9.86. The van der Waals surface area contributed by atoms with Crippen LogP contribution in [0.5, 0.6) is 11.5 Å². The molecule has 3 aromatic rings. The molecule has 1 aliphatic carbocycles. The van der Waals surface area contributed by atoms with Gasteiger partial charge in [0.1, 0.15) is 17.3 Å². The van der Waals surface area contributed by atoms with Crippen LogP contribution in [0.25, 0.3) is 10.9 Å². The Morgan fingerprint density at radius 3 is 2.50 bits per heavy atom. The van der Waals surface area contributed by atoms with Crippen molar-refractivity contribution in [2.45, 2.75) is 31.7 Å². The smallest absolute Gasteiger partial charge is 0.255 e. The zero-order valence-electron chi connectivity index (χ0n) is 20.3. The molecule has 0 atom stereocenters. The van der Waals surface area contributed by atoms with Crippen LogP contribution in [0.15, 0.2) is 42.5 Å². The Balaban J connectivity index is 1.32. The standard InChI is InChI=1S/C26H33N5O3/c1-31(2)24-20-7-5-6-8-22(20)29-26(30-24)28-18-11-9-17(10-12-18)16-27-25(32)21-14-13-19(33-3)15-23(21)34-4/h5-8,13-15,17-18H,9-12,16H2,1-4H3,(H,27,32)(H,28,29,30).